The van der Waals surface area contributed by atoms with E-state index in [1.807, 2.05) is 30.3 Å². The lowest BCUT2D eigenvalue weighted by Crippen LogP contribution is -2.07. The topological polar surface area (TPSA) is 76.9 Å². The normalized spacial score (nSPS) is 11.0. The third-order valence-electron chi connectivity index (χ3n) is 3.38. The van der Waals surface area contributed by atoms with Gasteiger partial charge in [0.05, 0.1) is 16.8 Å². The maximum atomic E-state index is 12.1. The van der Waals surface area contributed by atoms with Gasteiger partial charge in [0.25, 0.3) is 0 Å². The van der Waals surface area contributed by atoms with Crippen LogP contribution in [0.3, 0.4) is 0 Å². The third kappa shape index (κ3) is 4.07. The number of nitrogens with zero attached hydrogens (tertiary/aromatic N) is 3. The van der Waals surface area contributed by atoms with Crippen LogP contribution in [0.5, 0.6) is 0 Å². The maximum Gasteiger partial charge on any atom is 0.250 e. The van der Waals surface area contributed by atoms with Crippen molar-refractivity contribution in [3.63, 3.8) is 0 Å². The summed E-state index contributed by atoms with van der Waals surface area (Å²) >= 11 is 1.17. The maximum absolute atomic E-state index is 12.1. The Morgan fingerprint density at radius 2 is 2.00 bits per heavy atom. The molecular weight excluding hydrogens is 336 g/mol. The summed E-state index contributed by atoms with van der Waals surface area (Å²) in [6.07, 6.45) is 6.54. The van der Waals surface area contributed by atoms with Crippen LogP contribution in [0.15, 0.2) is 48.8 Å². The van der Waals surface area contributed by atoms with Gasteiger partial charge >= 0.3 is 0 Å². The number of ketones is 1. The van der Waals surface area contributed by atoms with E-state index < -0.39 is 0 Å². The van der Waals surface area contributed by atoms with Gasteiger partial charge in [0.15, 0.2) is 10.9 Å². The number of aryl methyl sites for hydroxylation is 1. The fourth-order valence-electron chi connectivity index (χ4n) is 2.25. The standard InChI is InChI=1S/C18H16N4O2S/c1-12(23)17-16(14-6-4-3-5-7-14)21-18(25-17)20-15(24)9-8-13-10-19-22(2)11-13/h3-11H,1-2H3,(H,20,21,24)/b9-8+. The number of nitrogens with one attached hydrogen (secondary N) is 1. The van der Waals surface area contributed by atoms with Crippen molar-refractivity contribution < 1.29 is 9.59 Å². The molecule has 7 heteroatoms. The van der Waals surface area contributed by atoms with Crippen molar-refractivity contribution in [1.82, 2.24) is 14.8 Å². The number of thiazole rings is 1. The van der Waals surface area contributed by atoms with Gasteiger partial charge < -0.3 is 0 Å². The monoisotopic (exact) mass is 352 g/mol. The van der Waals surface area contributed by atoms with Crippen LogP contribution >= 0.6 is 11.3 Å². The summed E-state index contributed by atoms with van der Waals surface area (Å²) in [6.45, 7) is 1.49. The zero-order chi connectivity index (χ0) is 17.8. The van der Waals surface area contributed by atoms with Crippen LogP contribution in [-0.4, -0.2) is 26.5 Å². The quantitative estimate of drug-likeness (QED) is 0.564. The first-order valence-corrected chi connectivity index (χ1v) is 8.39. The number of Topliss-reactive ketones (excluding diaryl/α,β-unsaturated/α-hetero) is 1. The number of hydrogen-bond donors (Lipinski definition) is 1. The fraction of sp³-hybridized carbons (Fsp3) is 0.111. The van der Waals surface area contributed by atoms with E-state index in [0.29, 0.717) is 15.7 Å². The van der Waals surface area contributed by atoms with Gasteiger partial charge in [0, 0.05) is 37.4 Å². The predicted octanol–water partition coefficient (Wildman–Crippen LogP) is 3.40. The van der Waals surface area contributed by atoms with E-state index in [1.54, 1.807) is 30.2 Å². The second-order valence-corrected chi connectivity index (χ2v) is 6.39. The summed E-state index contributed by atoms with van der Waals surface area (Å²) < 4.78 is 1.66. The minimum atomic E-state index is -0.313. The zero-order valence-corrected chi connectivity index (χ0v) is 14.6. The van der Waals surface area contributed by atoms with E-state index in [2.05, 4.69) is 15.4 Å². The number of anilines is 1. The highest BCUT2D eigenvalue weighted by molar-refractivity contribution is 7.18. The molecule has 0 spiro atoms. The molecule has 3 rings (SSSR count). The van der Waals surface area contributed by atoms with Crippen LogP contribution in [-0.2, 0) is 11.8 Å². The lowest BCUT2D eigenvalue weighted by Gasteiger charge is -1.98. The third-order valence-corrected chi connectivity index (χ3v) is 4.45. The molecule has 0 saturated carbocycles. The SMILES string of the molecule is CC(=O)c1sc(NC(=O)/C=C/c2cnn(C)c2)nc1-c1ccccc1. The number of amides is 1. The fourth-order valence-corrected chi connectivity index (χ4v) is 3.13. The summed E-state index contributed by atoms with van der Waals surface area (Å²) in [5, 5.41) is 7.13. The Labute approximate surface area is 148 Å². The molecule has 0 aliphatic carbocycles. The molecule has 0 aliphatic rings. The minimum Gasteiger partial charge on any atom is -0.298 e. The van der Waals surface area contributed by atoms with Crippen molar-refractivity contribution in [3.05, 3.63) is 59.2 Å². The van der Waals surface area contributed by atoms with E-state index in [4.69, 9.17) is 0 Å². The molecule has 126 valence electrons. The number of rotatable bonds is 5. The van der Waals surface area contributed by atoms with Crippen molar-refractivity contribution >= 4 is 34.2 Å². The van der Waals surface area contributed by atoms with Crippen LogP contribution in [0.1, 0.15) is 22.2 Å². The molecule has 3 aromatic rings. The summed E-state index contributed by atoms with van der Waals surface area (Å²) in [6, 6.07) is 9.43. The molecule has 1 aromatic carbocycles. The molecular formula is C18H16N4O2S. The Morgan fingerprint density at radius 3 is 2.64 bits per heavy atom. The molecule has 0 saturated heterocycles. The smallest absolute Gasteiger partial charge is 0.250 e. The molecule has 0 fully saturated rings. The largest absolute Gasteiger partial charge is 0.298 e. The zero-order valence-electron chi connectivity index (χ0n) is 13.8. The Kier molecular flexibility index (Phi) is 4.85. The van der Waals surface area contributed by atoms with Crippen LogP contribution in [0, 0.1) is 0 Å². The van der Waals surface area contributed by atoms with Gasteiger partial charge in [-0.2, -0.15) is 5.10 Å². The van der Waals surface area contributed by atoms with Gasteiger partial charge in [-0.25, -0.2) is 4.98 Å². The van der Waals surface area contributed by atoms with E-state index >= 15 is 0 Å². The lowest BCUT2D eigenvalue weighted by atomic mass is 10.1. The van der Waals surface area contributed by atoms with Crippen LogP contribution in [0.4, 0.5) is 5.13 Å². The average Bonchev–Trinajstić information content (AvgIpc) is 3.20. The van der Waals surface area contributed by atoms with Crippen LogP contribution in [0.25, 0.3) is 17.3 Å². The van der Waals surface area contributed by atoms with Crippen LogP contribution in [0.2, 0.25) is 0 Å². The summed E-state index contributed by atoms with van der Waals surface area (Å²) in [7, 11) is 1.81. The number of hydrogen-bond acceptors (Lipinski definition) is 5. The first-order chi connectivity index (χ1) is 12.0. The van der Waals surface area contributed by atoms with Crippen LogP contribution < -0.4 is 5.32 Å². The second-order valence-electron chi connectivity index (χ2n) is 5.39. The molecule has 1 amide bonds. The van der Waals surface area contributed by atoms with Gasteiger partial charge in [-0.15, -0.1) is 0 Å². The molecule has 2 heterocycles. The van der Waals surface area contributed by atoms with Crippen molar-refractivity contribution in [2.75, 3.05) is 5.32 Å². The van der Waals surface area contributed by atoms with Gasteiger partial charge in [-0.3, -0.25) is 19.6 Å². The predicted molar refractivity (Wildman–Crippen MR) is 98.4 cm³/mol. The molecule has 0 unspecified atom stereocenters. The molecule has 6 nitrogen and oxygen atoms in total. The Morgan fingerprint density at radius 1 is 1.24 bits per heavy atom. The molecule has 25 heavy (non-hydrogen) atoms. The number of carbonyl (C=O) groups excluding carboxylic acids is 2. The van der Waals surface area contributed by atoms with Crippen molar-refractivity contribution in [2.45, 2.75) is 6.92 Å². The summed E-state index contributed by atoms with van der Waals surface area (Å²) in [5.74, 6) is -0.393. The van der Waals surface area contributed by atoms with E-state index in [9.17, 15) is 9.59 Å². The van der Waals surface area contributed by atoms with E-state index in [1.165, 1.54) is 24.3 Å². The molecule has 1 N–H and O–H groups in total. The van der Waals surface area contributed by atoms with Crippen molar-refractivity contribution in [2.24, 2.45) is 7.05 Å². The number of aromatic nitrogens is 3. The molecule has 0 bridgehead atoms. The van der Waals surface area contributed by atoms with Gasteiger partial charge in [-0.05, 0) is 6.08 Å². The summed E-state index contributed by atoms with van der Waals surface area (Å²) in [4.78, 5) is 28.9. The molecule has 0 radical (unpaired) electrons. The summed E-state index contributed by atoms with van der Waals surface area (Å²) in [5.41, 5.74) is 2.26. The highest BCUT2D eigenvalue weighted by Gasteiger charge is 2.17. The van der Waals surface area contributed by atoms with Gasteiger partial charge in [0.2, 0.25) is 5.91 Å². The average molecular weight is 352 g/mol. The minimum absolute atomic E-state index is 0.0808. The molecule has 2 aromatic heterocycles. The first kappa shape index (κ1) is 16.8. The van der Waals surface area contributed by atoms with Crippen molar-refractivity contribution in [3.8, 4) is 11.3 Å². The van der Waals surface area contributed by atoms with E-state index in [-0.39, 0.29) is 11.7 Å². The Hall–Kier alpha value is -3.06. The second kappa shape index (κ2) is 7.23. The number of benzene rings is 1. The van der Waals surface area contributed by atoms with Gasteiger partial charge in [0.1, 0.15) is 0 Å². The molecule has 0 aliphatic heterocycles. The highest BCUT2D eigenvalue weighted by Crippen LogP contribution is 2.31. The highest BCUT2D eigenvalue weighted by atomic mass is 32.1. The molecule has 0 atom stereocenters. The van der Waals surface area contributed by atoms with Gasteiger partial charge in [-0.1, -0.05) is 41.7 Å². The van der Waals surface area contributed by atoms with Crippen molar-refractivity contribution in [1.29, 1.82) is 0 Å². The lowest BCUT2D eigenvalue weighted by molar-refractivity contribution is -0.111. The Bertz CT molecular complexity index is 941. The number of carbonyl (C=O) groups is 2. The van der Waals surface area contributed by atoms with E-state index in [0.717, 1.165) is 11.1 Å². The Balaban J connectivity index is 1.80. The first-order valence-electron chi connectivity index (χ1n) is 7.58.